The van der Waals surface area contributed by atoms with Crippen LogP contribution in [-0.2, 0) is 20.8 Å². The smallest absolute Gasteiger partial charge is 0.312 e. The van der Waals surface area contributed by atoms with Crippen LogP contribution in [0.3, 0.4) is 0 Å². The molecule has 1 saturated heterocycles. The van der Waals surface area contributed by atoms with Gasteiger partial charge in [-0.15, -0.1) is 0 Å². The molecule has 0 bridgehead atoms. The van der Waals surface area contributed by atoms with E-state index in [1.165, 1.54) is 26.2 Å². The molecule has 1 amide bonds. The average Bonchev–Trinajstić information content (AvgIpc) is 2.84. The van der Waals surface area contributed by atoms with E-state index in [1.54, 1.807) is 17.3 Å². The zero-order valence-corrected chi connectivity index (χ0v) is 20.0. The molecule has 0 unspecified atom stereocenters. The third kappa shape index (κ3) is 4.80. The van der Waals surface area contributed by atoms with Crippen LogP contribution < -0.4 is 4.90 Å². The number of carbonyl (C=O) groups is 1. The Balaban J connectivity index is 1.52. The predicted molar refractivity (Wildman–Crippen MR) is 125 cm³/mol. The molecule has 6 nitrogen and oxygen atoms in total. The Morgan fingerprint density at radius 3 is 2.23 bits per heavy atom. The van der Waals surface area contributed by atoms with Gasteiger partial charge in [0.2, 0.25) is 5.91 Å². The van der Waals surface area contributed by atoms with Gasteiger partial charge in [-0.3, -0.25) is 4.79 Å². The van der Waals surface area contributed by atoms with E-state index in [-0.39, 0.29) is 12.3 Å². The van der Waals surface area contributed by atoms with E-state index >= 15 is 0 Å². The van der Waals surface area contributed by atoms with Crippen molar-refractivity contribution < 1.29 is 26.4 Å². The molecule has 1 atom stereocenters. The minimum absolute atomic E-state index is 0.0283. The van der Waals surface area contributed by atoms with Crippen LogP contribution in [0.15, 0.2) is 72.1 Å². The lowest BCUT2D eigenvalue weighted by molar-refractivity contribution is -0.137. The number of amides is 1. The Hall–Kier alpha value is -3.27. The molecule has 2 aromatic carbocycles. The molecule has 4 rings (SSSR count). The first-order valence-corrected chi connectivity index (χ1v) is 12.5. The van der Waals surface area contributed by atoms with Crippen LogP contribution in [-0.4, -0.2) is 35.6 Å². The number of piperidine rings is 1. The van der Waals surface area contributed by atoms with Gasteiger partial charge in [-0.05, 0) is 62.1 Å². The summed E-state index contributed by atoms with van der Waals surface area (Å²) in [4.78, 5) is 22.2. The molecule has 2 heterocycles. The van der Waals surface area contributed by atoms with Crippen molar-refractivity contribution in [3.05, 3.63) is 72.8 Å². The predicted octanol–water partition coefficient (Wildman–Crippen LogP) is 5.16. The summed E-state index contributed by atoms with van der Waals surface area (Å²) < 4.78 is 64.7. The molecule has 0 N–H and O–H groups in total. The van der Waals surface area contributed by atoms with E-state index in [1.807, 2.05) is 24.3 Å². The van der Waals surface area contributed by atoms with Gasteiger partial charge in [-0.25, -0.2) is 18.4 Å². The van der Waals surface area contributed by atoms with Crippen LogP contribution in [0.1, 0.15) is 32.3 Å². The molecule has 10 heteroatoms. The maximum absolute atomic E-state index is 13.4. The number of halogens is 3. The van der Waals surface area contributed by atoms with Crippen molar-refractivity contribution in [2.75, 3.05) is 11.4 Å². The van der Waals surface area contributed by atoms with E-state index in [0.717, 1.165) is 23.3 Å². The average molecular weight is 504 g/mol. The van der Waals surface area contributed by atoms with Crippen molar-refractivity contribution in [3.63, 3.8) is 0 Å². The number of benzene rings is 2. The van der Waals surface area contributed by atoms with Crippen LogP contribution in [0.2, 0.25) is 0 Å². The third-order valence-electron chi connectivity index (χ3n) is 6.64. The lowest BCUT2D eigenvalue weighted by Gasteiger charge is -2.39. The first kappa shape index (κ1) is 24.8. The van der Waals surface area contributed by atoms with Crippen LogP contribution in [0.4, 0.5) is 18.9 Å². The second-order valence-corrected chi connectivity index (χ2v) is 11.6. The van der Waals surface area contributed by atoms with Gasteiger partial charge in [-0.2, -0.15) is 13.2 Å². The molecule has 1 aliphatic rings. The maximum atomic E-state index is 13.4. The largest absolute Gasteiger partial charge is 0.416 e. The summed E-state index contributed by atoms with van der Waals surface area (Å²) in [6.45, 7) is 3.26. The summed E-state index contributed by atoms with van der Waals surface area (Å²) in [5.74, 6) is -0.782. The van der Waals surface area contributed by atoms with Gasteiger partial charge in [0.15, 0.2) is 9.84 Å². The summed E-state index contributed by atoms with van der Waals surface area (Å²) in [5.41, 5.74) is 1.40. The molecule has 0 aliphatic carbocycles. The molecule has 35 heavy (non-hydrogen) atoms. The number of hydrogen-bond donors (Lipinski definition) is 0. The topological polar surface area (TPSA) is 80.2 Å². The number of carbonyl (C=O) groups excluding carboxylic acids is 1. The number of nitrogens with zero attached hydrogens (tertiary/aromatic N) is 3. The van der Waals surface area contributed by atoms with Crippen LogP contribution in [0, 0.1) is 5.92 Å². The van der Waals surface area contributed by atoms with Gasteiger partial charge >= 0.3 is 6.18 Å². The van der Waals surface area contributed by atoms with Crippen molar-refractivity contribution in [2.24, 2.45) is 5.92 Å². The highest BCUT2D eigenvalue weighted by molar-refractivity contribution is 7.92. The molecule has 3 aromatic rings. The zero-order valence-electron chi connectivity index (χ0n) is 19.2. The molecule has 0 spiro atoms. The highest BCUT2D eigenvalue weighted by atomic mass is 32.2. The first-order chi connectivity index (χ1) is 16.4. The molecular formula is C25H24F3N3O3S. The van der Waals surface area contributed by atoms with Gasteiger partial charge in [0.25, 0.3) is 0 Å². The fraction of sp³-hybridized carbons (Fsp3) is 0.320. The summed E-state index contributed by atoms with van der Waals surface area (Å²) in [6, 6.07) is 11.1. The Morgan fingerprint density at radius 1 is 0.971 bits per heavy atom. The molecule has 0 saturated carbocycles. The fourth-order valence-electron chi connectivity index (χ4n) is 4.34. The van der Waals surface area contributed by atoms with E-state index in [9.17, 15) is 26.4 Å². The Morgan fingerprint density at radius 2 is 1.63 bits per heavy atom. The van der Waals surface area contributed by atoms with E-state index in [2.05, 4.69) is 9.97 Å². The Labute approximate surface area is 201 Å². The van der Waals surface area contributed by atoms with Crippen LogP contribution in [0.25, 0.3) is 11.1 Å². The number of aromatic nitrogens is 2. The van der Waals surface area contributed by atoms with Crippen LogP contribution in [0.5, 0.6) is 0 Å². The van der Waals surface area contributed by atoms with E-state index in [0.29, 0.717) is 24.7 Å². The molecule has 1 aromatic heterocycles. The number of alkyl halides is 3. The summed E-state index contributed by atoms with van der Waals surface area (Å²) in [7, 11) is -4.15. The molecular weight excluding hydrogens is 479 g/mol. The standard InChI is InChI=1S/C25H24F3N3O3S/c1-24(2,35(33,34)22-5-3-4-20(12-22)25(26,27)28)19-10-11-31(23(32)13-19)21-8-6-17(7-9-21)18-14-29-16-30-15-18/h3-9,12,14-16,19H,10-11,13H2,1-2H3/t19-/m0/s1. The van der Waals surface area contributed by atoms with Crippen molar-refractivity contribution in [2.45, 2.75) is 42.5 Å². The molecule has 1 fully saturated rings. The highest BCUT2D eigenvalue weighted by Gasteiger charge is 2.46. The van der Waals surface area contributed by atoms with E-state index < -0.39 is 37.1 Å². The SMILES string of the molecule is CC(C)([C@H]1CCN(c2ccc(-c3cncnc3)cc2)C(=O)C1)S(=O)(=O)c1cccc(C(F)(F)F)c1. The van der Waals surface area contributed by atoms with Gasteiger partial charge < -0.3 is 4.90 Å². The summed E-state index contributed by atoms with van der Waals surface area (Å²) in [5, 5.41) is 0. The second kappa shape index (κ2) is 9.07. The Kier molecular flexibility index (Phi) is 6.44. The monoisotopic (exact) mass is 503 g/mol. The van der Waals surface area contributed by atoms with Crippen molar-refractivity contribution in [1.29, 1.82) is 0 Å². The number of sulfone groups is 1. The normalized spacial score (nSPS) is 17.5. The molecule has 1 aliphatic heterocycles. The number of anilines is 1. The van der Waals surface area contributed by atoms with Gasteiger partial charge in [-0.1, -0.05) is 18.2 Å². The van der Waals surface area contributed by atoms with Crippen molar-refractivity contribution in [3.8, 4) is 11.1 Å². The lowest BCUT2D eigenvalue weighted by atomic mass is 9.85. The molecule has 184 valence electrons. The van der Waals surface area contributed by atoms with Gasteiger partial charge in [0.1, 0.15) is 6.33 Å². The molecule has 0 radical (unpaired) electrons. The fourth-order valence-corrected chi connectivity index (χ4v) is 6.13. The maximum Gasteiger partial charge on any atom is 0.416 e. The lowest BCUT2D eigenvalue weighted by Crippen LogP contribution is -2.48. The first-order valence-electron chi connectivity index (χ1n) is 11.0. The number of hydrogen-bond acceptors (Lipinski definition) is 5. The summed E-state index contributed by atoms with van der Waals surface area (Å²) in [6.07, 6.45) is 0.525. The Bertz CT molecular complexity index is 1330. The highest BCUT2D eigenvalue weighted by Crippen LogP contribution is 2.40. The van der Waals surface area contributed by atoms with Crippen LogP contribution >= 0.6 is 0 Å². The van der Waals surface area contributed by atoms with Crippen molar-refractivity contribution >= 4 is 21.4 Å². The van der Waals surface area contributed by atoms with Crippen molar-refractivity contribution in [1.82, 2.24) is 9.97 Å². The summed E-state index contributed by atoms with van der Waals surface area (Å²) >= 11 is 0. The van der Waals surface area contributed by atoms with Gasteiger partial charge in [0.05, 0.1) is 15.2 Å². The number of rotatable bonds is 5. The zero-order chi connectivity index (χ0) is 25.4. The van der Waals surface area contributed by atoms with Gasteiger partial charge in [0, 0.05) is 36.6 Å². The second-order valence-electron chi connectivity index (χ2n) is 9.04. The minimum atomic E-state index is -4.65. The third-order valence-corrected chi connectivity index (χ3v) is 9.24. The van der Waals surface area contributed by atoms with E-state index in [4.69, 9.17) is 0 Å². The minimum Gasteiger partial charge on any atom is -0.312 e. The quantitative estimate of drug-likeness (QED) is 0.481.